The maximum atomic E-state index is 12.3. The third-order valence-corrected chi connectivity index (χ3v) is 11.2. The molecule has 8 N–H and O–H groups in total. The Balaban J connectivity index is -0.000000888. The van der Waals surface area contributed by atoms with E-state index in [0.717, 1.165) is 62.5 Å². The van der Waals surface area contributed by atoms with Crippen molar-refractivity contribution in [3.05, 3.63) is 0 Å². The smallest absolute Gasteiger partial charge is 0.315 e. The molecule has 1 unspecified atom stereocenters. The molecule has 0 aromatic carbocycles. The fraction of sp³-hybridized carbons (Fsp3) is 0.844. The SMILES string of the molecule is CCC(=O)[C@@H](C)NC(=O)NCCN(C)CCCCCCS.CNC(=O)C(C)(C)NC(=O)NCCCCCCCCCS.CNCCNC(=O)C(CC(=O)NC)N(C)C(=O)CCCCCS. The van der Waals surface area contributed by atoms with Gasteiger partial charge in [0.25, 0.3) is 0 Å². The second kappa shape index (κ2) is 44.9. The fourth-order valence-corrected chi connectivity index (χ4v) is 6.67. The molecule has 0 aliphatic carbocycles. The third-order valence-electron chi connectivity index (χ3n) is 10.3. The summed E-state index contributed by atoms with van der Waals surface area (Å²) in [6.45, 7) is 11.0. The van der Waals surface area contributed by atoms with E-state index in [9.17, 15) is 33.6 Å². The highest BCUT2D eigenvalue weighted by molar-refractivity contribution is 7.80. The van der Waals surface area contributed by atoms with Crippen LogP contribution in [0.5, 0.6) is 0 Å². The van der Waals surface area contributed by atoms with Crippen LogP contribution in [0.3, 0.4) is 0 Å². The summed E-state index contributed by atoms with van der Waals surface area (Å²) in [4.78, 5) is 85.9. The number of carbonyl (C=O) groups excluding carboxylic acids is 7. The van der Waals surface area contributed by atoms with Gasteiger partial charge in [0.1, 0.15) is 11.6 Å². The quantitative estimate of drug-likeness (QED) is 0.0321. The van der Waals surface area contributed by atoms with Gasteiger partial charge in [0, 0.05) is 66.7 Å². The van der Waals surface area contributed by atoms with E-state index >= 15 is 0 Å². The van der Waals surface area contributed by atoms with Crippen molar-refractivity contribution < 1.29 is 33.6 Å². The van der Waals surface area contributed by atoms with Crippen LogP contribution in [0.4, 0.5) is 9.59 Å². The van der Waals surface area contributed by atoms with Gasteiger partial charge in [-0.3, -0.25) is 24.0 Å². The summed E-state index contributed by atoms with van der Waals surface area (Å²) >= 11 is 12.5. The molecule has 382 valence electrons. The Morgan fingerprint density at radius 3 is 1.65 bits per heavy atom. The second-order valence-electron chi connectivity index (χ2n) is 16.5. The Morgan fingerprint density at radius 2 is 1.12 bits per heavy atom. The van der Waals surface area contributed by atoms with Gasteiger partial charge in [0.05, 0.1) is 12.5 Å². The molecule has 0 radical (unpaired) electrons. The van der Waals surface area contributed by atoms with Crippen molar-refractivity contribution in [3.63, 3.8) is 0 Å². The first-order valence-corrected chi connectivity index (χ1v) is 25.6. The minimum absolute atomic E-state index is 0.0409. The highest BCUT2D eigenvalue weighted by Crippen LogP contribution is 2.10. The molecule has 20 heteroatoms. The molecule has 0 aliphatic rings. The summed E-state index contributed by atoms with van der Waals surface area (Å²) in [7, 11) is 8.49. The number of hydrogen-bond donors (Lipinski definition) is 11. The average molecular weight is 981 g/mol. The molecule has 0 fully saturated rings. The molecule has 0 aromatic rings. The standard InChI is InChI=1S/C15H30N4O3S.2C15H31N3O2S/c1-16-8-9-18-15(22)12(11-13(20)17-2)19(3)14(21)7-5-4-6-10-23;1-15(2,13(19)16-3)18-14(20)17-11-9-7-5-4-6-8-10-12-21;1-4-14(19)13(2)17-15(20)16-9-11-18(3)10-7-5-6-8-12-21/h12,16,23H,4-11H2,1-3H3,(H,17,20)(H,18,22);21H,4-12H2,1-3H3,(H,16,19)(H2,17,18,20);13,21H,4-12H2,1-3H3,(H2,16,17,20)/t;;13-/m..1/s1. The van der Waals surface area contributed by atoms with E-state index < -0.39 is 17.6 Å². The Labute approximate surface area is 409 Å². The van der Waals surface area contributed by atoms with Crippen molar-refractivity contribution in [2.75, 3.05) is 91.8 Å². The van der Waals surface area contributed by atoms with Crippen molar-refractivity contribution in [1.29, 1.82) is 0 Å². The molecule has 0 heterocycles. The second-order valence-corrected chi connectivity index (χ2v) is 17.8. The number of rotatable bonds is 35. The maximum absolute atomic E-state index is 12.3. The van der Waals surface area contributed by atoms with Gasteiger partial charge in [-0.1, -0.05) is 58.3 Å². The molecular formula is C45H92N10O7S3. The number of unbranched alkanes of at least 4 members (excludes halogenated alkanes) is 11. The van der Waals surface area contributed by atoms with Gasteiger partial charge < -0.3 is 52.3 Å². The van der Waals surface area contributed by atoms with Crippen LogP contribution in [0.15, 0.2) is 0 Å². The van der Waals surface area contributed by atoms with Crippen molar-refractivity contribution >= 4 is 79.4 Å². The van der Waals surface area contributed by atoms with Crippen LogP contribution in [0.1, 0.15) is 137 Å². The topological polar surface area (TPSA) is 222 Å². The van der Waals surface area contributed by atoms with Gasteiger partial charge in [0.15, 0.2) is 5.78 Å². The summed E-state index contributed by atoms with van der Waals surface area (Å²) in [6.07, 6.45) is 16.6. The summed E-state index contributed by atoms with van der Waals surface area (Å²) in [5, 5.41) is 21.6. The maximum Gasteiger partial charge on any atom is 0.315 e. The predicted molar refractivity (Wildman–Crippen MR) is 276 cm³/mol. The fourth-order valence-electron chi connectivity index (χ4n) is 6.00. The summed E-state index contributed by atoms with van der Waals surface area (Å²) in [5.41, 5.74) is -0.897. The van der Waals surface area contributed by atoms with Crippen LogP contribution in [-0.4, -0.2) is 161 Å². The van der Waals surface area contributed by atoms with E-state index in [2.05, 4.69) is 92.4 Å². The normalized spacial score (nSPS) is 11.6. The molecule has 0 spiro atoms. The van der Waals surface area contributed by atoms with E-state index in [-0.39, 0.29) is 47.9 Å². The number of hydrogen-bond acceptors (Lipinski definition) is 12. The Morgan fingerprint density at radius 1 is 0.600 bits per heavy atom. The van der Waals surface area contributed by atoms with Gasteiger partial charge in [-0.05, 0) is 97.2 Å². The van der Waals surface area contributed by atoms with Crippen LogP contribution in [0, 0.1) is 0 Å². The summed E-state index contributed by atoms with van der Waals surface area (Å²) in [5.74, 6) is 1.88. The van der Waals surface area contributed by atoms with E-state index in [1.165, 1.54) is 69.7 Å². The zero-order valence-electron chi connectivity index (χ0n) is 41.6. The van der Waals surface area contributed by atoms with E-state index in [1.54, 1.807) is 48.8 Å². The first-order valence-electron chi connectivity index (χ1n) is 23.7. The van der Waals surface area contributed by atoms with Crippen molar-refractivity contribution in [3.8, 4) is 0 Å². The van der Waals surface area contributed by atoms with Crippen LogP contribution in [-0.2, 0) is 24.0 Å². The molecule has 2 atom stereocenters. The minimum atomic E-state index is -0.897. The lowest BCUT2D eigenvalue weighted by molar-refractivity contribution is -0.141. The van der Waals surface area contributed by atoms with E-state index in [0.29, 0.717) is 39.0 Å². The average Bonchev–Trinajstić information content (AvgIpc) is 3.28. The number of nitrogens with zero attached hydrogens (tertiary/aromatic N) is 2. The molecule has 0 aromatic heterocycles. The van der Waals surface area contributed by atoms with Crippen LogP contribution < -0.4 is 42.5 Å². The lowest BCUT2D eigenvalue weighted by Gasteiger charge is -2.27. The lowest BCUT2D eigenvalue weighted by atomic mass is 10.1. The molecule has 0 bridgehead atoms. The van der Waals surface area contributed by atoms with Crippen molar-refractivity contribution in [1.82, 2.24) is 52.3 Å². The molecule has 8 amide bonds. The molecule has 0 rings (SSSR count). The first-order chi connectivity index (χ1) is 30.9. The molecular weight excluding hydrogens is 889 g/mol. The molecule has 65 heavy (non-hydrogen) atoms. The number of carbonyl (C=O) groups is 7. The molecule has 0 saturated heterocycles. The van der Waals surface area contributed by atoms with Crippen LogP contribution >= 0.6 is 37.9 Å². The van der Waals surface area contributed by atoms with Crippen molar-refractivity contribution in [2.45, 2.75) is 154 Å². The number of urea groups is 2. The Kier molecular flexibility index (Phi) is 45.8. The Hall–Kier alpha value is -2.94. The number of nitrogens with one attached hydrogen (secondary N) is 8. The number of thiol groups is 3. The Bertz CT molecular complexity index is 1290. The number of likely N-dealkylation sites (N-methyl/N-ethyl adjacent to an activating group) is 4. The lowest BCUT2D eigenvalue weighted by Crippen LogP contribution is -2.56. The molecule has 0 aliphatic heterocycles. The molecule has 0 saturated carbocycles. The molecule has 17 nitrogen and oxygen atoms in total. The van der Waals surface area contributed by atoms with Gasteiger partial charge in [-0.2, -0.15) is 37.9 Å². The minimum Gasteiger partial charge on any atom is -0.359 e. The van der Waals surface area contributed by atoms with Crippen LogP contribution in [0.25, 0.3) is 0 Å². The zero-order chi connectivity index (χ0) is 49.9. The predicted octanol–water partition coefficient (Wildman–Crippen LogP) is 4.32. The van der Waals surface area contributed by atoms with E-state index in [1.807, 2.05) is 0 Å². The third kappa shape index (κ3) is 39.9. The van der Waals surface area contributed by atoms with Gasteiger partial charge in [0.2, 0.25) is 23.6 Å². The highest BCUT2D eigenvalue weighted by Gasteiger charge is 2.29. The largest absolute Gasteiger partial charge is 0.359 e. The number of ketones is 1. The first kappa shape index (κ1) is 66.3. The van der Waals surface area contributed by atoms with Gasteiger partial charge >= 0.3 is 12.1 Å². The summed E-state index contributed by atoms with van der Waals surface area (Å²) < 4.78 is 0. The van der Waals surface area contributed by atoms with Crippen molar-refractivity contribution in [2.24, 2.45) is 0 Å². The summed E-state index contributed by atoms with van der Waals surface area (Å²) in [6, 6.07) is -1.77. The highest BCUT2D eigenvalue weighted by atomic mass is 32.1. The van der Waals surface area contributed by atoms with Crippen LogP contribution in [0.2, 0.25) is 0 Å². The van der Waals surface area contributed by atoms with Gasteiger partial charge in [-0.15, -0.1) is 0 Å². The monoisotopic (exact) mass is 981 g/mol. The van der Waals surface area contributed by atoms with E-state index in [4.69, 9.17) is 0 Å². The number of Topliss-reactive ketones (excluding diaryl/α,β-unsaturated/α-hetero) is 1. The number of amides is 8. The zero-order valence-corrected chi connectivity index (χ0v) is 44.3. The van der Waals surface area contributed by atoms with Gasteiger partial charge in [-0.25, -0.2) is 9.59 Å².